The van der Waals surface area contributed by atoms with E-state index in [0.717, 1.165) is 37.2 Å². The highest BCUT2D eigenvalue weighted by Gasteiger charge is 2.32. The first kappa shape index (κ1) is 19.7. The second-order valence-corrected chi connectivity index (χ2v) is 8.21. The molecule has 0 aromatic heterocycles. The minimum absolute atomic E-state index is 0.0411. The van der Waals surface area contributed by atoms with Gasteiger partial charge >= 0.3 is 0 Å². The maximum Gasteiger partial charge on any atom is 0.246 e. The van der Waals surface area contributed by atoms with Gasteiger partial charge in [-0.3, -0.25) is 9.59 Å². The maximum absolute atomic E-state index is 12.9. The fraction of sp³-hybridized carbons (Fsp3) is 0.565. The number of amides is 2. The van der Waals surface area contributed by atoms with Crippen LogP contribution in [0.4, 0.5) is 0 Å². The van der Waals surface area contributed by atoms with Crippen LogP contribution in [-0.2, 0) is 9.59 Å². The first-order valence-electron chi connectivity index (χ1n) is 10.3. The van der Waals surface area contributed by atoms with Crippen molar-refractivity contribution in [2.45, 2.75) is 51.5 Å². The van der Waals surface area contributed by atoms with Gasteiger partial charge in [-0.2, -0.15) is 0 Å². The van der Waals surface area contributed by atoms with E-state index in [4.69, 9.17) is 0 Å². The zero-order valence-electron chi connectivity index (χ0n) is 16.6. The van der Waals surface area contributed by atoms with E-state index in [1.165, 1.54) is 12.8 Å². The van der Waals surface area contributed by atoms with Crippen LogP contribution in [0.1, 0.15) is 51.0 Å². The Morgan fingerprint density at radius 3 is 2.26 bits per heavy atom. The molecule has 1 saturated carbocycles. The molecule has 0 N–H and O–H groups in total. The van der Waals surface area contributed by atoms with Crippen molar-refractivity contribution in [3.8, 4) is 0 Å². The number of rotatable bonds is 4. The second-order valence-electron chi connectivity index (χ2n) is 8.21. The van der Waals surface area contributed by atoms with Crippen LogP contribution >= 0.6 is 0 Å². The van der Waals surface area contributed by atoms with E-state index in [2.05, 4.69) is 6.92 Å². The van der Waals surface area contributed by atoms with Gasteiger partial charge in [-0.25, -0.2) is 0 Å². The van der Waals surface area contributed by atoms with Crippen molar-refractivity contribution in [1.29, 1.82) is 0 Å². The molecular weight excluding hydrogens is 336 g/mol. The van der Waals surface area contributed by atoms with Crippen LogP contribution in [0, 0.1) is 11.8 Å². The van der Waals surface area contributed by atoms with Crippen LogP contribution in [0.5, 0.6) is 0 Å². The number of nitrogens with zero attached hydrogens (tertiary/aromatic N) is 2. The third-order valence-electron chi connectivity index (χ3n) is 6.25. The predicted molar refractivity (Wildman–Crippen MR) is 109 cm³/mol. The summed E-state index contributed by atoms with van der Waals surface area (Å²) in [5.74, 6) is 1.18. The molecule has 2 amide bonds. The molecule has 1 heterocycles. The number of piperidine rings is 1. The Balaban J connectivity index is 1.47. The molecule has 4 heteroatoms. The lowest BCUT2D eigenvalue weighted by Gasteiger charge is -2.38. The first-order chi connectivity index (χ1) is 13.0. The summed E-state index contributed by atoms with van der Waals surface area (Å²) >= 11 is 0. The Kier molecular flexibility index (Phi) is 6.70. The normalized spacial score (nSPS) is 24.1. The topological polar surface area (TPSA) is 40.6 Å². The van der Waals surface area contributed by atoms with Crippen molar-refractivity contribution in [1.82, 2.24) is 9.80 Å². The summed E-state index contributed by atoms with van der Waals surface area (Å²) in [6, 6.07) is 10.3. The quantitative estimate of drug-likeness (QED) is 0.755. The lowest BCUT2D eigenvalue weighted by Crippen LogP contribution is -2.46. The van der Waals surface area contributed by atoms with Crippen molar-refractivity contribution in [2.24, 2.45) is 11.8 Å². The van der Waals surface area contributed by atoms with Crippen molar-refractivity contribution in [3.05, 3.63) is 42.0 Å². The van der Waals surface area contributed by atoms with Gasteiger partial charge in [0.15, 0.2) is 0 Å². The minimum atomic E-state index is 0.0411. The lowest BCUT2D eigenvalue weighted by molar-refractivity contribution is -0.140. The molecule has 1 aromatic carbocycles. The molecule has 2 fully saturated rings. The molecule has 4 nitrogen and oxygen atoms in total. The standard InChI is InChI=1S/C23H32N2O2/c1-18-8-11-21(12-9-18)24(2)23(27)20-14-16-25(17-15-20)22(26)13-10-19-6-4-3-5-7-19/h3-7,10,13,18,20-21H,8-9,11-12,14-17H2,1-2H3/b13-10+. The second kappa shape index (κ2) is 9.20. The molecule has 1 saturated heterocycles. The Morgan fingerprint density at radius 1 is 1.00 bits per heavy atom. The van der Waals surface area contributed by atoms with Crippen molar-refractivity contribution in [2.75, 3.05) is 20.1 Å². The summed E-state index contributed by atoms with van der Waals surface area (Å²) in [6.45, 7) is 3.64. The monoisotopic (exact) mass is 368 g/mol. The van der Waals surface area contributed by atoms with E-state index < -0.39 is 0 Å². The number of carbonyl (C=O) groups is 2. The average Bonchev–Trinajstić information content (AvgIpc) is 2.72. The summed E-state index contributed by atoms with van der Waals surface area (Å²) in [5, 5.41) is 0. The van der Waals surface area contributed by atoms with E-state index in [0.29, 0.717) is 19.1 Å². The van der Waals surface area contributed by atoms with Crippen LogP contribution < -0.4 is 0 Å². The number of carbonyl (C=O) groups excluding carboxylic acids is 2. The van der Waals surface area contributed by atoms with Crippen LogP contribution in [0.25, 0.3) is 6.08 Å². The van der Waals surface area contributed by atoms with Crippen LogP contribution in [0.15, 0.2) is 36.4 Å². The van der Waals surface area contributed by atoms with Crippen LogP contribution in [-0.4, -0.2) is 47.8 Å². The van der Waals surface area contributed by atoms with Gasteiger partial charge in [-0.05, 0) is 56.1 Å². The van der Waals surface area contributed by atoms with E-state index >= 15 is 0 Å². The molecule has 27 heavy (non-hydrogen) atoms. The molecule has 0 unspecified atom stereocenters. The highest BCUT2D eigenvalue weighted by molar-refractivity contribution is 5.92. The number of hydrogen-bond acceptors (Lipinski definition) is 2. The lowest BCUT2D eigenvalue weighted by atomic mass is 9.86. The fourth-order valence-electron chi connectivity index (χ4n) is 4.28. The number of benzene rings is 1. The molecule has 1 aliphatic heterocycles. The van der Waals surface area contributed by atoms with Gasteiger partial charge in [0.05, 0.1) is 0 Å². The highest BCUT2D eigenvalue weighted by atomic mass is 16.2. The minimum Gasteiger partial charge on any atom is -0.343 e. The van der Waals surface area contributed by atoms with Gasteiger partial charge in [-0.15, -0.1) is 0 Å². The largest absolute Gasteiger partial charge is 0.343 e. The van der Waals surface area contributed by atoms with Gasteiger partial charge in [-0.1, -0.05) is 37.3 Å². The summed E-state index contributed by atoms with van der Waals surface area (Å²) in [5.41, 5.74) is 1.03. The summed E-state index contributed by atoms with van der Waals surface area (Å²) in [7, 11) is 1.98. The number of likely N-dealkylation sites (tertiary alicyclic amines) is 1. The van der Waals surface area contributed by atoms with Crippen LogP contribution in [0.2, 0.25) is 0 Å². The molecule has 0 spiro atoms. The van der Waals surface area contributed by atoms with Gasteiger partial charge in [0.2, 0.25) is 11.8 Å². The Labute approximate surface area is 163 Å². The highest BCUT2D eigenvalue weighted by Crippen LogP contribution is 2.28. The van der Waals surface area contributed by atoms with Gasteiger partial charge in [0.1, 0.15) is 0 Å². The molecule has 1 aromatic rings. The Hall–Kier alpha value is -2.10. The zero-order chi connectivity index (χ0) is 19.2. The van der Waals surface area contributed by atoms with E-state index in [1.807, 2.05) is 53.3 Å². The van der Waals surface area contributed by atoms with Gasteiger partial charge in [0.25, 0.3) is 0 Å². The first-order valence-corrected chi connectivity index (χ1v) is 10.3. The fourth-order valence-corrected chi connectivity index (χ4v) is 4.28. The smallest absolute Gasteiger partial charge is 0.246 e. The number of hydrogen-bond donors (Lipinski definition) is 0. The Bertz CT molecular complexity index is 654. The SMILES string of the molecule is CC1CCC(N(C)C(=O)C2CCN(C(=O)/C=C/c3ccccc3)CC2)CC1. The predicted octanol–water partition coefficient (Wildman–Crippen LogP) is 3.98. The van der Waals surface area contributed by atoms with Crippen LogP contribution in [0.3, 0.4) is 0 Å². The summed E-state index contributed by atoms with van der Waals surface area (Å²) in [6.07, 6.45) is 9.76. The zero-order valence-corrected chi connectivity index (χ0v) is 16.6. The van der Waals surface area contributed by atoms with Crippen molar-refractivity contribution >= 4 is 17.9 Å². The average molecular weight is 369 g/mol. The van der Waals surface area contributed by atoms with Gasteiger partial charge < -0.3 is 9.80 Å². The van der Waals surface area contributed by atoms with E-state index in [-0.39, 0.29) is 17.7 Å². The van der Waals surface area contributed by atoms with E-state index in [9.17, 15) is 9.59 Å². The third kappa shape index (κ3) is 5.21. The molecule has 0 radical (unpaired) electrons. The third-order valence-corrected chi connectivity index (χ3v) is 6.25. The Morgan fingerprint density at radius 2 is 1.63 bits per heavy atom. The van der Waals surface area contributed by atoms with Crippen molar-refractivity contribution < 1.29 is 9.59 Å². The van der Waals surface area contributed by atoms with Crippen molar-refractivity contribution in [3.63, 3.8) is 0 Å². The molecule has 0 atom stereocenters. The van der Waals surface area contributed by atoms with E-state index in [1.54, 1.807) is 6.08 Å². The molecule has 2 aliphatic rings. The molecule has 3 rings (SSSR count). The summed E-state index contributed by atoms with van der Waals surface area (Å²) in [4.78, 5) is 29.1. The maximum atomic E-state index is 12.9. The summed E-state index contributed by atoms with van der Waals surface area (Å²) < 4.78 is 0. The van der Waals surface area contributed by atoms with Gasteiger partial charge in [0, 0.05) is 38.2 Å². The molecule has 146 valence electrons. The molecule has 1 aliphatic carbocycles. The molecule has 0 bridgehead atoms. The molecular formula is C23H32N2O2.